The third-order valence-electron chi connectivity index (χ3n) is 3.78. The molecule has 1 heterocycles. The molecule has 1 aromatic rings. The summed E-state index contributed by atoms with van der Waals surface area (Å²) in [6.45, 7) is 4.07. The topological polar surface area (TPSA) is 41.5 Å². The van der Waals surface area contributed by atoms with Gasteiger partial charge in [-0.3, -0.25) is 0 Å². The first-order valence-electron chi connectivity index (χ1n) is 8.00. The number of aliphatic hydroxyl groups excluding tert-OH is 1. The lowest BCUT2D eigenvalue weighted by Crippen LogP contribution is -2.35. The smallest absolute Gasteiger partial charge is 0.119 e. The van der Waals surface area contributed by atoms with Crippen LogP contribution in [-0.4, -0.2) is 41.9 Å². The third-order valence-corrected chi connectivity index (χ3v) is 5.17. The van der Waals surface area contributed by atoms with Crippen LogP contribution in [0, 0.1) is 0 Å². The zero-order chi connectivity index (χ0) is 14.9. The van der Waals surface area contributed by atoms with E-state index in [1.165, 1.54) is 30.6 Å². The minimum Gasteiger partial charge on any atom is -0.491 e. The number of nitrogens with one attached hydrogen (secondary N) is 1. The van der Waals surface area contributed by atoms with Crippen LogP contribution in [0.15, 0.2) is 24.3 Å². The highest BCUT2D eigenvalue weighted by Gasteiger charge is 2.14. The van der Waals surface area contributed by atoms with E-state index in [1.54, 1.807) is 0 Å². The van der Waals surface area contributed by atoms with Gasteiger partial charge in [0, 0.05) is 18.3 Å². The summed E-state index contributed by atoms with van der Waals surface area (Å²) in [4.78, 5) is 0. The van der Waals surface area contributed by atoms with Crippen LogP contribution in [0.25, 0.3) is 0 Å². The fourth-order valence-corrected chi connectivity index (χ4v) is 3.76. The fraction of sp³-hybridized carbons (Fsp3) is 0.647. The maximum absolute atomic E-state index is 9.97. The van der Waals surface area contributed by atoms with Crippen molar-refractivity contribution in [3.8, 4) is 5.75 Å². The van der Waals surface area contributed by atoms with Gasteiger partial charge >= 0.3 is 0 Å². The largest absolute Gasteiger partial charge is 0.491 e. The molecule has 0 spiro atoms. The summed E-state index contributed by atoms with van der Waals surface area (Å²) in [5.41, 5.74) is 1.26. The molecule has 1 fully saturated rings. The Balaban J connectivity index is 1.61. The Bertz CT molecular complexity index is 408. The van der Waals surface area contributed by atoms with E-state index in [2.05, 4.69) is 30.1 Å². The summed E-state index contributed by atoms with van der Waals surface area (Å²) in [7, 11) is 0. The Morgan fingerprint density at radius 3 is 3.10 bits per heavy atom. The Morgan fingerprint density at radius 1 is 1.43 bits per heavy atom. The van der Waals surface area contributed by atoms with Gasteiger partial charge < -0.3 is 15.2 Å². The lowest BCUT2D eigenvalue weighted by molar-refractivity contribution is 0.106. The lowest BCUT2D eigenvalue weighted by atomic mass is 10.2. The van der Waals surface area contributed by atoms with Gasteiger partial charge in [0.2, 0.25) is 0 Å². The summed E-state index contributed by atoms with van der Waals surface area (Å²) < 4.78 is 5.66. The van der Waals surface area contributed by atoms with Crippen LogP contribution in [0.4, 0.5) is 0 Å². The van der Waals surface area contributed by atoms with E-state index in [0.717, 1.165) is 18.7 Å². The molecule has 2 N–H and O–H groups in total. The highest BCUT2D eigenvalue weighted by molar-refractivity contribution is 7.99. The normalized spacial score (nSPS) is 20.2. The SMILES string of the molecule is CCc1cccc(OCC(O)CNCC2CCCCS2)c1. The molecule has 3 nitrogen and oxygen atoms in total. The van der Waals surface area contributed by atoms with Crippen molar-refractivity contribution in [1.82, 2.24) is 5.32 Å². The first-order chi connectivity index (χ1) is 10.3. The predicted octanol–water partition coefficient (Wildman–Crippen LogP) is 2.86. The minimum atomic E-state index is -0.455. The highest BCUT2D eigenvalue weighted by Crippen LogP contribution is 2.24. The number of benzene rings is 1. The van der Waals surface area contributed by atoms with Crippen LogP contribution in [0.2, 0.25) is 0 Å². The van der Waals surface area contributed by atoms with Crippen LogP contribution in [0.3, 0.4) is 0 Å². The molecule has 0 saturated carbocycles. The van der Waals surface area contributed by atoms with Gasteiger partial charge in [0.1, 0.15) is 18.5 Å². The standard InChI is InChI=1S/C17H27NO2S/c1-2-14-6-5-7-16(10-14)20-13-15(19)11-18-12-17-8-3-4-9-21-17/h5-7,10,15,17-19H,2-4,8-9,11-13H2,1H3. The average Bonchev–Trinajstić information content (AvgIpc) is 2.54. The average molecular weight is 309 g/mol. The fourth-order valence-electron chi connectivity index (χ4n) is 2.49. The van der Waals surface area contributed by atoms with E-state index >= 15 is 0 Å². The van der Waals surface area contributed by atoms with Crippen LogP contribution >= 0.6 is 11.8 Å². The summed E-state index contributed by atoms with van der Waals surface area (Å²) in [5, 5.41) is 14.1. The Kier molecular flexibility index (Phi) is 7.41. The molecule has 0 aromatic heterocycles. The number of thioether (sulfide) groups is 1. The number of hydrogen-bond acceptors (Lipinski definition) is 4. The molecule has 2 rings (SSSR count). The van der Waals surface area contributed by atoms with Gasteiger partial charge in [0.15, 0.2) is 0 Å². The molecule has 2 unspecified atom stereocenters. The molecule has 21 heavy (non-hydrogen) atoms. The van der Waals surface area contributed by atoms with Crippen LogP contribution < -0.4 is 10.1 Å². The molecule has 1 aromatic carbocycles. The molecule has 1 aliphatic rings. The molecule has 118 valence electrons. The zero-order valence-corrected chi connectivity index (χ0v) is 13.7. The van der Waals surface area contributed by atoms with Crippen molar-refractivity contribution in [3.63, 3.8) is 0 Å². The second-order valence-electron chi connectivity index (χ2n) is 5.61. The van der Waals surface area contributed by atoms with Gasteiger partial charge in [-0.05, 0) is 42.7 Å². The summed E-state index contributed by atoms with van der Waals surface area (Å²) in [5.74, 6) is 2.13. The molecule has 0 amide bonds. The van der Waals surface area contributed by atoms with E-state index in [-0.39, 0.29) is 0 Å². The highest BCUT2D eigenvalue weighted by atomic mass is 32.2. The zero-order valence-electron chi connectivity index (χ0n) is 12.9. The second kappa shape index (κ2) is 9.34. The summed E-state index contributed by atoms with van der Waals surface area (Å²) >= 11 is 2.05. The van der Waals surface area contributed by atoms with Crippen molar-refractivity contribution in [2.75, 3.05) is 25.4 Å². The molecule has 0 radical (unpaired) electrons. The van der Waals surface area contributed by atoms with Crippen molar-refractivity contribution in [2.24, 2.45) is 0 Å². The van der Waals surface area contributed by atoms with Crippen molar-refractivity contribution >= 4 is 11.8 Å². The van der Waals surface area contributed by atoms with E-state index in [4.69, 9.17) is 4.74 Å². The lowest BCUT2D eigenvalue weighted by Gasteiger charge is -2.22. The van der Waals surface area contributed by atoms with Crippen molar-refractivity contribution in [3.05, 3.63) is 29.8 Å². The molecule has 2 atom stereocenters. The van der Waals surface area contributed by atoms with Crippen molar-refractivity contribution in [1.29, 1.82) is 0 Å². The number of ether oxygens (including phenoxy) is 1. The minimum absolute atomic E-state index is 0.345. The van der Waals surface area contributed by atoms with Gasteiger partial charge in [-0.2, -0.15) is 11.8 Å². The monoisotopic (exact) mass is 309 g/mol. The van der Waals surface area contributed by atoms with E-state index in [0.29, 0.717) is 18.4 Å². The van der Waals surface area contributed by atoms with E-state index in [1.807, 2.05) is 18.2 Å². The molecular weight excluding hydrogens is 282 g/mol. The van der Waals surface area contributed by atoms with Crippen LogP contribution in [0.5, 0.6) is 5.75 Å². The summed E-state index contributed by atoms with van der Waals surface area (Å²) in [6, 6.07) is 8.07. The predicted molar refractivity (Wildman–Crippen MR) is 90.3 cm³/mol. The van der Waals surface area contributed by atoms with Crippen LogP contribution in [-0.2, 0) is 6.42 Å². The maximum Gasteiger partial charge on any atom is 0.119 e. The first kappa shape index (κ1) is 16.7. The Labute approximate surface area is 132 Å². The van der Waals surface area contributed by atoms with Gasteiger partial charge in [0.25, 0.3) is 0 Å². The van der Waals surface area contributed by atoms with Gasteiger partial charge in [-0.15, -0.1) is 0 Å². The van der Waals surface area contributed by atoms with Crippen molar-refractivity contribution in [2.45, 2.75) is 44.0 Å². The van der Waals surface area contributed by atoms with Crippen molar-refractivity contribution < 1.29 is 9.84 Å². The number of hydrogen-bond donors (Lipinski definition) is 2. The van der Waals surface area contributed by atoms with Gasteiger partial charge in [-0.25, -0.2) is 0 Å². The molecule has 0 aliphatic carbocycles. The number of aliphatic hydroxyl groups is 1. The first-order valence-corrected chi connectivity index (χ1v) is 9.05. The van der Waals surface area contributed by atoms with Crippen LogP contribution in [0.1, 0.15) is 31.7 Å². The quantitative estimate of drug-likeness (QED) is 0.775. The summed E-state index contributed by atoms with van der Waals surface area (Å²) in [6.07, 6.45) is 4.55. The molecule has 1 aliphatic heterocycles. The maximum atomic E-state index is 9.97. The Morgan fingerprint density at radius 2 is 2.33 bits per heavy atom. The third kappa shape index (κ3) is 6.29. The van der Waals surface area contributed by atoms with E-state index in [9.17, 15) is 5.11 Å². The number of rotatable bonds is 8. The second-order valence-corrected chi connectivity index (χ2v) is 7.02. The molecular formula is C17H27NO2S. The Hall–Kier alpha value is -0.710. The molecule has 4 heteroatoms. The molecule has 1 saturated heterocycles. The molecule has 0 bridgehead atoms. The van der Waals surface area contributed by atoms with Gasteiger partial charge in [0.05, 0.1) is 0 Å². The van der Waals surface area contributed by atoms with Gasteiger partial charge in [-0.1, -0.05) is 25.5 Å². The van der Waals surface area contributed by atoms with E-state index < -0.39 is 6.10 Å². The number of aryl methyl sites for hydroxylation is 1.